The van der Waals surface area contributed by atoms with Gasteiger partial charge < -0.3 is 4.74 Å². The van der Waals surface area contributed by atoms with Gasteiger partial charge in [-0.2, -0.15) is 5.10 Å². The summed E-state index contributed by atoms with van der Waals surface area (Å²) < 4.78 is 9.61. The van der Waals surface area contributed by atoms with E-state index in [1.807, 2.05) is 25.1 Å². The van der Waals surface area contributed by atoms with Crippen LogP contribution in [0.5, 0.6) is 5.75 Å². The molecular weight excluding hydrogens is 484 g/mol. The molecule has 31 heavy (non-hydrogen) atoms. The summed E-state index contributed by atoms with van der Waals surface area (Å²) in [6.07, 6.45) is 3.23. The minimum absolute atomic E-state index is 0.136. The number of aromatic nitrogens is 5. The summed E-state index contributed by atoms with van der Waals surface area (Å²) in [5.41, 5.74) is 2.51. The Labute approximate surface area is 191 Å². The lowest BCUT2D eigenvalue weighted by molar-refractivity contribution is 0.101. The number of amides is 1. The molecule has 0 unspecified atom stereocenters. The van der Waals surface area contributed by atoms with Gasteiger partial charge in [-0.1, -0.05) is 41.4 Å². The molecule has 0 bridgehead atoms. The zero-order valence-corrected chi connectivity index (χ0v) is 18.8. The summed E-state index contributed by atoms with van der Waals surface area (Å²) in [7, 11) is 0. The Morgan fingerprint density at radius 3 is 2.84 bits per heavy atom. The normalized spacial score (nSPS) is 10.8. The van der Waals surface area contributed by atoms with Crippen LogP contribution in [0, 0.1) is 6.92 Å². The molecule has 4 aromatic rings. The molecule has 4 rings (SSSR count). The van der Waals surface area contributed by atoms with E-state index in [4.69, 9.17) is 16.3 Å². The van der Waals surface area contributed by atoms with Crippen LogP contribution in [0.3, 0.4) is 0 Å². The molecule has 0 fully saturated rings. The predicted molar refractivity (Wildman–Crippen MR) is 120 cm³/mol. The van der Waals surface area contributed by atoms with Gasteiger partial charge in [-0.05, 0) is 52.7 Å². The Morgan fingerprint density at radius 1 is 1.16 bits per heavy atom. The number of aryl methyl sites for hydroxylation is 1. The second-order valence-electron chi connectivity index (χ2n) is 6.80. The van der Waals surface area contributed by atoms with Crippen LogP contribution in [-0.2, 0) is 13.3 Å². The van der Waals surface area contributed by atoms with E-state index in [9.17, 15) is 4.79 Å². The number of nitrogens with one attached hydrogen (secondary N) is 1. The molecule has 8 nitrogen and oxygen atoms in total. The van der Waals surface area contributed by atoms with Gasteiger partial charge in [-0.15, -0.1) is 5.10 Å². The Balaban J connectivity index is 1.34. The van der Waals surface area contributed by atoms with Crippen molar-refractivity contribution in [1.29, 1.82) is 0 Å². The number of benzene rings is 2. The molecule has 0 atom stereocenters. The first-order chi connectivity index (χ1) is 15.0. The van der Waals surface area contributed by atoms with E-state index >= 15 is 0 Å². The number of hydrogen-bond acceptors (Lipinski definition) is 5. The van der Waals surface area contributed by atoms with E-state index in [2.05, 4.69) is 42.5 Å². The van der Waals surface area contributed by atoms with Crippen molar-refractivity contribution in [2.24, 2.45) is 0 Å². The molecule has 158 valence electrons. The van der Waals surface area contributed by atoms with Crippen LogP contribution in [-0.4, -0.2) is 30.5 Å². The van der Waals surface area contributed by atoms with Crippen molar-refractivity contribution in [3.05, 3.63) is 87.4 Å². The van der Waals surface area contributed by atoms with Crippen LogP contribution in [0.15, 0.2) is 65.5 Å². The number of ether oxygens (including phenoxy) is 1. The zero-order valence-electron chi connectivity index (χ0n) is 16.5. The predicted octanol–water partition coefficient (Wildman–Crippen LogP) is 4.54. The van der Waals surface area contributed by atoms with Crippen molar-refractivity contribution >= 4 is 39.4 Å². The van der Waals surface area contributed by atoms with Crippen molar-refractivity contribution in [3.8, 4) is 5.75 Å². The van der Waals surface area contributed by atoms with Crippen molar-refractivity contribution in [2.75, 3.05) is 5.32 Å². The first kappa shape index (κ1) is 21.1. The average Bonchev–Trinajstić information content (AvgIpc) is 3.37. The molecule has 0 aliphatic carbocycles. The lowest BCUT2D eigenvalue weighted by Gasteiger charge is -2.08. The molecule has 0 radical (unpaired) electrons. The van der Waals surface area contributed by atoms with Gasteiger partial charge in [0.15, 0.2) is 12.4 Å². The largest absolute Gasteiger partial charge is 0.470 e. The van der Waals surface area contributed by atoms with Crippen molar-refractivity contribution in [2.45, 2.75) is 20.2 Å². The highest BCUT2D eigenvalue weighted by molar-refractivity contribution is 9.10. The van der Waals surface area contributed by atoms with E-state index < -0.39 is 5.91 Å². The number of carbonyl (C=O) groups excluding carboxylic acids is 1. The number of rotatable bonds is 7. The zero-order chi connectivity index (χ0) is 21.8. The van der Waals surface area contributed by atoms with Gasteiger partial charge in [-0.3, -0.25) is 10.1 Å². The number of halogens is 2. The lowest BCUT2D eigenvalue weighted by atomic mass is 10.1. The number of nitrogens with zero attached hydrogens (tertiary/aromatic N) is 5. The monoisotopic (exact) mass is 500 g/mol. The van der Waals surface area contributed by atoms with Gasteiger partial charge in [0.2, 0.25) is 5.95 Å². The SMILES string of the molecule is Cc1cccc(Cn2cnc(NC(=O)c3ccn(COc4ccc(Cl)cc4Br)n3)n2)c1. The van der Waals surface area contributed by atoms with Crippen molar-refractivity contribution in [3.63, 3.8) is 0 Å². The number of anilines is 1. The van der Waals surface area contributed by atoms with E-state index in [1.165, 1.54) is 10.2 Å². The highest BCUT2D eigenvalue weighted by atomic mass is 79.9. The maximum atomic E-state index is 12.5. The summed E-state index contributed by atoms with van der Waals surface area (Å²) in [5.74, 6) is 0.433. The van der Waals surface area contributed by atoms with Crippen molar-refractivity contribution in [1.82, 2.24) is 24.5 Å². The van der Waals surface area contributed by atoms with Gasteiger partial charge in [0.1, 0.15) is 12.1 Å². The standard InChI is InChI=1S/C21H18BrClN6O2/c1-14-3-2-4-15(9-14)11-29-12-24-21(27-29)25-20(30)18-7-8-28(26-18)13-31-19-6-5-16(23)10-17(19)22/h2-10,12H,11,13H2,1H3,(H,25,27,30). The van der Waals surface area contributed by atoms with Crippen LogP contribution in [0.2, 0.25) is 5.02 Å². The summed E-state index contributed by atoms with van der Waals surface area (Å²) >= 11 is 9.32. The first-order valence-corrected chi connectivity index (χ1v) is 10.5. The van der Waals surface area contributed by atoms with Crippen LogP contribution < -0.4 is 10.1 Å². The minimum Gasteiger partial charge on any atom is -0.470 e. The molecule has 0 saturated carbocycles. The van der Waals surface area contributed by atoms with Gasteiger partial charge in [0, 0.05) is 11.2 Å². The van der Waals surface area contributed by atoms with Crippen molar-refractivity contribution < 1.29 is 9.53 Å². The molecule has 2 heterocycles. The second kappa shape index (κ2) is 9.32. The molecule has 2 aromatic heterocycles. The third-order valence-electron chi connectivity index (χ3n) is 4.31. The Morgan fingerprint density at radius 2 is 2.03 bits per heavy atom. The Hall–Kier alpha value is -3.17. The Kier molecular flexibility index (Phi) is 6.34. The minimum atomic E-state index is -0.403. The highest BCUT2D eigenvalue weighted by Gasteiger charge is 2.13. The van der Waals surface area contributed by atoms with E-state index in [1.54, 1.807) is 41.5 Å². The molecule has 0 saturated heterocycles. The van der Waals surface area contributed by atoms with Gasteiger partial charge >= 0.3 is 0 Å². The molecule has 1 amide bonds. The fraction of sp³-hybridized carbons (Fsp3) is 0.143. The van der Waals surface area contributed by atoms with Crippen LogP contribution >= 0.6 is 27.5 Å². The van der Waals surface area contributed by atoms with Gasteiger partial charge in [-0.25, -0.2) is 14.3 Å². The Bertz CT molecular complexity index is 1220. The van der Waals surface area contributed by atoms with E-state index in [0.29, 0.717) is 17.3 Å². The summed E-state index contributed by atoms with van der Waals surface area (Å²) in [4.78, 5) is 16.6. The van der Waals surface area contributed by atoms with Crippen LogP contribution in [0.4, 0.5) is 5.95 Å². The third kappa shape index (κ3) is 5.50. The molecule has 2 aromatic carbocycles. The molecule has 1 N–H and O–H groups in total. The summed E-state index contributed by atoms with van der Waals surface area (Å²) in [6.45, 7) is 2.74. The topological polar surface area (TPSA) is 86.9 Å². The van der Waals surface area contributed by atoms with Crippen LogP contribution in [0.1, 0.15) is 21.6 Å². The molecular formula is C21H18BrClN6O2. The van der Waals surface area contributed by atoms with E-state index in [0.717, 1.165) is 10.0 Å². The average molecular weight is 502 g/mol. The fourth-order valence-corrected chi connectivity index (χ4v) is 3.67. The first-order valence-electron chi connectivity index (χ1n) is 9.34. The second-order valence-corrected chi connectivity index (χ2v) is 8.09. The van der Waals surface area contributed by atoms with Gasteiger partial charge in [0.05, 0.1) is 11.0 Å². The number of carbonyl (C=O) groups is 1. The van der Waals surface area contributed by atoms with Crippen LogP contribution in [0.25, 0.3) is 0 Å². The fourth-order valence-electron chi connectivity index (χ4n) is 2.87. The van der Waals surface area contributed by atoms with E-state index in [-0.39, 0.29) is 18.4 Å². The molecule has 10 heteroatoms. The number of hydrogen-bond donors (Lipinski definition) is 1. The molecule has 0 aliphatic heterocycles. The molecule has 0 aliphatic rings. The summed E-state index contributed by atoms with van der Waals surface area (Å²) in [5, 5.41) is 11.8. The maximum absolute atomic E-state index is 12.5. The quantitative estimate of drug-likeness (QED) is 0.402. The smallest absolute Gasteiger partial charge is 0.278 e. The van der Waals surface area contributed by atoms with Gasteiger partial charge in [0.25, 0.3) is 5.91 Å². The summed E-state index contributed by atoms with van der Waals surface area (Å²) in [6, 6.07) is 15.0. The third-order valence-corrected chi connectivity index (χ3v) is 5.16. The lowest BCUT2D eigenvalue weighted by Crippen LogP contribution is -2.15. The highest BCUT2D eigenvalue weighted by Crippen LogP contribution is 2.28. The molecule has 0 spiro atoms. The maximum Gasteiger partial charge on any atom is 0.278 e.